The Kier molecular flexibility index (Phi) is 6.06. The van der Waals surface area contributed by atoms with Crippen LogP contribution in [0.15, 0.2) is 24.3 Å². The third-order valence-electron chi connectivity index (χ3n) is 4.20. The van der Waals surface area contributed by atoms with Crippen LogP contribution in [0.25, 0.3) is 0 Å². The summed E-state index contributed by atoms with van der Waals surface area (Å²) >= 11 is 6.01. The summed E-state index contributed by atoms with van der Waals surface area (Å²) in [7, 11) is -3.25. The fourth-order valence-electron chi connectivity index (χ4n) is 2.89. The summed E-state index contributed by atoms with van der Waals surface area (Å²) in [4.78, 5) is 12.5. The minimum absolute atomic E-state index is 0.0924. The topological polar surface area (TPSA) is 66.5 Å². The summed E-state index contributed by atoms with van der Waals surface area (Å²) in [6, 6.07) is 7.32. The Labute approximate surface area is 143 Å². The molecular weight excluding hydrogens is 336 g/mol. The molecular formula is C16H23ClN2O3S. The molecule has 0 aliphatic carbocycles. The van der Waals surface area contributed by atoms with Gasteiger partial charge < -0.3 is 5.32 Å². The maximum Gasteiger partial charge on any atom is 0.224 e. The second kappa shape index (κ2) is 7.64. The van der Waals surface area contributed by atoms with Crippen molar-refractivity contribution >= 4 is 27.5 Å². The van der Waals surface area contributed by atoms with Gasteiger partial charge in [0, 0.05) is 18.1 Å². The minimum atomic E-state index is -3.25. The number of nitrogens with zero attached hydrogens (tertiary/aromatic N) is 1. The Morgan fingerprint density at radius 3 is 2.83 bits per heavy atom. The Morgan fingerprint density at radius 2 is 2.22 bits per heavy atom. The van der Waals surface area contributed by atoms with Gasteiger partial charge in [-0.2, -0.15) is 0 Å². The van der Waals surface area contributed by atoms with Crippen molar-refractivity contribution < 1.29 is 13.2 Å². The first-order valence-corrected chi connectivity index (χ1v) is 10.0. The molecule has 5 nitrogen and oxygen atoms in total. The second-order valence-electron chi connectivity index (χ2n) is 5.98. The van der Waals surface area contributed by atoms with Gasteiger partial charge in [-0.15, -0.1) is 0 Å². The van der Waals surface area contributed by atoms with E-state index in [0.717, 1.165) is 12.0 Å². The fraction of sp³-hybridized carbons (Fsp3) is 0.562. The summed E-state index contributed by atoms with van der Waals surface area (Å²) in [5, 5.41) is 3.67. The van der Waals surface area contributed by atoms with E-state index in [1.807, 2.05) is 25.1 Å². The van der Waals surface area contributed by atoms with Gasteiger partial charge in [0.15, 0.2) is 0 Å². The number of piperidine rings is 1. The van der Waals surface area contributed by atoms with Gasteiger partial charge in [0.05, 0.1) is 18.2 Å². The lowest BCUT2D eigenvalue weighted by Gasteiger charge is -2.31. The summed E-state index contributed by atoms with van der Waals surface area (Å²) in [5.74, 6) is -0.392. The highest BCUT2D eigenvalue weighted by Crippen LogP contribution is 2.23. The van der Waals surface area contributed by atoms with Crippen molar-refractivity contribution in [1.29, 1.82) is 0 Å². The molecule has 1 fully saturated rings. The van der Waals surface area contributed by atoms with E-state index in [0.29, 0.717) is 24.4 Å². The zero-order valence-electron chi connectivity index (χ0n) is 13.5. The van der Waals surface area contributed by atoms with Crippen LogP contribution < -0.4 is 5.32 Å². The summed E-state index contributed by atoms with van der Waals surface area (Å²) in [5.41, 5.74) is 0.962. The monoisotopic (exact) mass is 358 g/mol. The molecule has 1 aromatic rings. The molecule has 2 rings (SSSR count). The van der Waals surface area contributed by atoms with Crippen LogP contribution in [0.5, 0.6) is 0 Å². The highest BCUT2D eigenvalue weighted by molar-refractivity contribution is 7.88. The van der Waals surface area contributed by atoms with Crippen LogP contribution in [-0.4, -0.2) is 38.0 Å². The Bertz CT molecular complexity index is 663. The summed E-state index contributed by atoms with van der Waals surface area (Å²) < 4.78 is 24.7. The van der Waals surface area contributed by atoms with Crippen molar-refractivity contribution in [2.45, 2.75) is 32.2 Å². The quantitative estimate of drug-likeness (QED) is 0.879. The second-order valence-corrected chi connectivity index (χ2v) is 8.40. The van der Waals surface area contributed by atoms with Gasteiger partial charge in [-0.1, -0.05) is 30.7 Å². The van der Waals surface area contributed by atoms with Crippen molar-refractivity contribution in [3.63, 3.8) is 0 Å². The number of amides is 1. The molecule has 128 valence electrons. The number of rotatable bonds is 5. The molecule has 1 saturated heterocycles. The first-order valence-electron chi connectivity index (χ1n) is 7.82. The van der Waals surface area contributed by atoms with Crippen LogP contribution in [0.1, 0.15) is 37.8 Å². The van der Waals surface area contributed by atoms with Crippen molar-refractivity contribution in [3.05, 3.63) is 34.9 Å². The lowest BCUT2D eigenvalue weighted by atomic mass is 9.97. The van der Waals surface area contributed by atoms with Gasteiger partial charge >= 0.3 is 0 Å². The molecule has 0 aromatic heterocycles. The summed E-state index contributed by atoms with van der Waals surface area (Å²) in [6.45, 7) is 2.75. The molecule has 1 aliphatic rings. The average molecular weight is 359 g/mol. The molecule has 23 heavy (non-hydrogen) atoms. The van der Waals surface area contributed by atoms with E-state index in [1.54, 1.807) is 6.07 Å². The van der Waals surface area contributed by atoms with E-state index >= 15 is 0 Å². The highest BCUT2D eigenvalue weighted by Gasteiger charge is 2.31. The molecule has 0 radical (unpaired) electrons. The highest BCUT2D eigenvalue weighted by atomic mass is 35.5. The Hall–Kier alpha value is -1.11. The third kappa shape index (κ3) is 4.93. The molecule has 1 amide bonds. The van der Waals surface area contributed by atoms with E-state index in [2.05, 4.69) is 5.32 Å². The first-order chi connectivity index (χ1) is 10.8. The van der Waals surface area contributed by atoms with Gasteiger partial charge in [0.25, 0.3) is 0 Å². The van der Waals surface area contributed by atoms with E-state index in [-0.39, 0.29) is 24.4 Å². The van der Waals surface area contributed by atoms with Crippen LogP contribution in [0, 0.1) is 5.92 Å². The van der Waals surface area contributed by atoms with Crippen LogP contribution >= 0.6 is 11.6 Å². The molecule has 2 unspecified atom stereocenters. The molecule has 0 saturated carbocycles. The number of carbonyl (C=O) groups is 1. The molecule has 1 heterocycles. The average Bonchev–Trinajstić information content (AvgIpc) is 2.51. The molecule has 1 N–H and O–H groups in total. The van der Waals surface area contributed by atoms with Gasteiger partial charge in [-0.25, -0.2) is 12.7 Å². The van der Waals surface area contributed by atoms with E-state index < -0.39 is 10.0 Å². The number of carbonyl (C=O) groups excluding carboxylic acids is 1. The van der Waals surface area contributed by atoms with Crippen LogP contribution in [0.4, 0.5) is 0 Å². The Balaban J connectivity index is 2.05. The van der Waals surface area contributed by atoms with Gasteiger partial charge in [-0.05, 0) is 37.0 Å². The van der Waals surface area contributed by atoms with Crippen molar-refractivity contribution in [1.82, 2.24) is 9.62 Å². The van der Waals surface area contributed by atoms with Crippen LogP contribution in [-0.2, 0) is 14.8 Å². The smallest absolute Gasteiger partial charge is 0.224 e. The number of halogens is 1. The normalized spacial score (nSPS) is 20.9. The largest absolute Gasteiger partial charge is 0.349 e. The van der Waals surface area contributed by atoms with Crippen LogP contribution in [0.2, 0.25) is 5.02 Å². The van der Waals surface area contributed by atoms with Crippen molar-refractivity contribution in [2.75, 3.05) is 19.3 Å². The van der Waals surface area contributed by atoms with Crippen LogP contribution in [0.3, 0.4) is 0 Å². The zero-order valence-corrected chi connectivity index (χ0v) is 15.0. The van der Waals surface area contributed by atoms with Crippen molar-refractivity contribution in [3.8, 4) is 0 Å². The minimum Gasteiger partial charge on any atom is -0.349 e. The number of hydrogen-bond acceptors (Lipinski definition) is 3. The molecule has 0 bridgehead atoms. The zero-order chi connectivity index (χ0) is 17.0. The standard InChI is InChI=1S/C16H23ClN2O3S/c1-3-15(12-6-4-8-14(17)10-12)18-16(20)13-7-5-9-19(11-13)23(2,21)22/h4,6,8,10,13,15H,3,5,7,9,11H2,1-2H3,(H,18,20). The predicted octanol–water partition coefficient (Wildman–Crippen LogP) is 2.58. The Morgan fingerprint density at radius 1 is 1.48 bits per heavy atom. The van der Waals surface area contributed by atoms with Gasteiger partial charge in [0.2, 0.25) is 15.9 Å². The van der Waals surface area contributed by atoms with Gasteiger partial charge in [0.1, 0.15) is 0 Å². The summed E-state index contributed by atoms with van der Waals surface area (Å²) in [6.07, 6.45) is 3.35. The number of sulfonamides is 1. The van der Waals surface area contributed by atoms with Crippen molar-refractivity contribution in [2.24, 2.45) is 5.92 Å². The van der Waals surface area contributed by atoms with E-state index in [1.165, 1.54) is 10.6 Å². The maximum atomic E-state index is 12.5. The third-order valence-corrected chi connectivity index (χ3v) is 5.70. The van der Waals surface area contributed by atoms with E-state index in [9.17, 15) is 13.2 Å². The molecule has 2 atom stereocenters. The number of benzene rings is 1. The lowest BCUT2D eigenvalue weighted by molar-refractivity contribution is -0.126. The molecule has 1 aromatic carbocycles. The fourth-order valence-corrected chi connectivity index (χ4v) is 4.00. The molecule has 7 heteroatoms. The lowest BCUT2D eigenvalue weighted by Crippen LogP contribution is -2.45. The molecule has 0 spiro atoms. The first kappa shape index (κ1) is 18.2. The maximum absolute atomic E-state index is 12.5. The SMILES string of the molecule is CCC(NC(=O)C1CCCN(S(C)(=O)=O)C1)c1cccc(Cl)c1. The number of hydrogen-bond donors (Lipinski definition) is 1. The van der Waals surface area contributed by atoms with Gasteiger partial charge in [-0.3, -0.25) is 4.79 Å². The van der Waals surface area contributed by atoms with E-state index in [4.69, 9.17) is 11.6 Å². The molecule has 1 aliphatic heterocycles. The predicted molar refractivity (Wildman–Crippen MR) is 91.8 cm³/mol. The number of nitrogens with one attached hydrogen (secondary N) is 1.